The predicted molar refractivity (Wildman–Crippen MR) is 76.8 cm³/mol. The lowest BCUT2D eigenvalue weighted by molar-refractivity contribution is -0.144. The van der Waals surface area contributed by atoms with E-state index in [-0.39, 0.29) is 5.25 Å². The Morgan fingerprint density at radius 3 is 2.79 bits per heavy atom. The number of carboxylic acid groups (broad SMARTS) is 1. The molecule has 7 heteroatoms. The summed E-state index contributed by atoms with van der Waals surface area (Å²) in [6.45, 7) is 5.73. The highest BCUT2D eigenvalue weighted by atomic mass is 32.2. The van der Waals surface area contributed by atoms with Crippen molar-refractivity contribution in [3.8, 4) is 0 Å². The molecular weight excluding hydrogens is 282 g/mol. The van der Waals surface area contributed by atoms with E-state index in [1.54, 1.807) is 30.0 Å². The van der Waals surface area contributed by atoms with E-state index in [4.69, 9.17) is 0 Å². The zero-order chi connectivity index (χ0) is 14.0. The number of thioether (sulfide) groups is 1. The van der Waals surface area contributed by atoms with Crippen molar-refractivity contribution in [3.05, 3.63) is 5.01 Å². The molecule has 19 heavy (non-hydrogen) atoms. The first-order valence-electron chi connectivity index (χ1n) is 6.37. The van der Waals surface area contributed by atoms with Crippen molar-refractivity contribution >= 4 is 29.1 Å². The normalized spacial score (nSPS) is 19.9. The summed E-state index contributed by atoms with van der Waals surface area (Å²) in [6.07, 6.45) is 2.74. The van der Waals surface area contributed by atoms with E-state index in [2.05, 4.69) is 15.5 Å². The average Bonchev–Trinajstić information content (AvgIpc) is 3.00. The van der Waals surface area contributed by atoms with E-state index in [1.807, 2.05) is 13.8 Å². The molecule has 0 spiro atoms. The summed E-state index contributed by atoms with van der Waals surface area (Å²) in [5.74, 6) is -0.778. The van der Waals surface area contributed by atoms with Crippen LogP contribution in [0.15, 0.2) is 4.34 Å². The van der Waals surface area contributed by atoms with Gasteiger partial charge in [0, 0.05) is 11.3 Å². The molecule has 2 rings (SSSR count). The summed E-state index contributed by atoms with van der Waals surface area (Å²) >= 11 is 3.15. The zero-order valence-electron chi connectivity index (χ0n) is 11.3. The van der Waals surface area contributed by atoms with Crippen molar-refractivity contribution in [2.45, 2.75) is 61.2 Å². The Morgan fingerprint density at radius 1 is 1.63 bits per heavy atom. The molecule has 1 aromatic heterocycles. The molecule has 1 aromatic rings. The third-order valence-corrected chi connectivity index (χ3v) is 5.10. The molecule has 0 aromatic carbocycles. The first-order valence-corrected chi connectivity index (χ1v) is 8.06. The number of hydrogen-bond acceptors (Lipinski definition) is 6. The third kappa shape index (κ3) is 4.15. The van der Waals surface area contributed by atoms with Gasteiger partial charge in [-0.25, -0.2) is 0 Å². The van der Waals surface area contributed by atoms with Gasteiger partial charge < -0.3 is 5.11 Å². The quantitative estimate of drug-likeness (QED) is 0.753. The van der Waals surface area contributed by atoms with Gasteiger partial charge in [0.05, 0.1) is 0 Å². The zero-order valence-corrected chi connectivity index (χ0v) is 13.0. The molecular formula is C12H19N3O2S2. The number of carbonyl (C=O) groups is 1. The first-order chi connectivity index (χ1) is 8.89. The number of nitrogens with one attached hydrogen (secondary N) is 1. The topological polar surface area (TPSA) is 75.1 Å². The molecule has 0 bridgehead atoms. The second-order valence-corrected chi connectivity index (χ2v) is 8.14. The predicted octanol–water partition coefficient (Wildman–Crippen LogP) is 2.31. The third-order valence-electron chi connectivity index (χ3n) is 3.08. The van der Waals surface area contributed by atoms with Gasteiger partial charge in [0.25, 0.3) is 0 Å². The van der Waals surface area contributed by atoms with Crippen molar-refractivity contribution in [2.24, 2.45) is 0 Å². The number of aliphatic carboxylic acids is 1. The lowest BCUT2D eigenvalue weighted by Gasteiger charge is -2.28. The highest BCUT2D eigenvalue weighted by Crippen LogP contribution is 2.32. The van der Waals surface area contributed by atoms with E-state index in [0.717, 1.165) is 22.2 Å². The van der Waals surface area contributed by atoms with Crippen molar-refractivity contribution in [1.29, 1.82) is 0 Å². The Bertz CT molecular complexity index is 462. The Kier molecular flexibility index (Phi) is 4.47. The van der Waals surface area contributed by atoms with Crippen LogP contribution in [0, 0.1) is 6.92 Å². The molecule has 5 nitrogen and oxygen atoms in total. The fraction of sp³-hybridized carbons (Fsp3) is 0.750. The summed E-state index contributed by atoms with van der Waals surface area (Å²) in [5, 5.41) is 21.8. The fourth-order valence-corrected chi connectivity index (χ4v) is 4.31. The molecule has 1 saturated carbocycles. The second kappa shape index (κ2) is 5.76. The Balaban J connectivity index is 1.94. The number of hydrogen-bond donors (Lipinski definition) is 2. The maximum absolute atomic E-state index is 11.5. The van der Waals surface area contributed by atoms with E-state index >= 15 is 0 Å². The number of aromatic nitrogens is 2. The van der Waals surface area contributed by atoms with Gasteiger partial charge in [0.1, 0.15) is 10.5 Å². The number of aryl methyl sites for hydroxylation is 1. The summed E-state index contributed by atoms with van der Waals surface area (Å²) in [6, 6.07) is 0.377. The van der Waals surface area contributed by atoms with Crippen LogP contribution in [0.2, 0.25) is 0 Å². The van der Waals surface area contributed by atoms with Crippen molar-refractivity contribution < 1.29 is 9.90 Å². The minimum absolute atomic E-state index is 0.180. The molecule has 106 valence electrons. The van der Waals surface area contributed by atoms with Crippen LogP contribution in [0.4, 0.5) is 0 Å². The molecule has 1 fully saturated rings. The van der Waals surface area contributed by atoms with Gasteiger partial charge in [-0.2, -0.15) is 0 Å². The van der Waals surface area contributed by atoms with E-state index in [0.29, 0.717) is 12.5 Å². The van der Waals surface area contributed by atoms with Gasteiger partial charge in [-0.15, -0.1) is 10.2 Å². The molecule has 2 atom stereocenters. The molecule has 2 N–H and O–H groups in total. The van der Waals surface area contributed by atoms with Crippen molar-refractivity contribution in [3.63, 3.8) is 0 Å². The molecule has 1 heterocycles. The monoisotopic (exact) mass is 301 g/mol. The van der Waals surface area contributed by atoms with Gasteiger partial charge in [0.15, 0.2) is 4.34 Å². The average molecular weight is 301 g/mol. The molecule has 0 aliphatic heterocycles. The van der Waals surface area contributed by atoms with Crippen molar-refractivity contribution in [2.75, 3.05) is 0 Å². The van der Waals surface area contributed by atoms with Crippen LogP contribution in [0.5, 0.6) is 0 Å². The van der Waals surface area contributed by atoms with Crippen LogP contribution >= 0.6 is 23.1 Å². The lowest BCUT2D eigenvalue weighted by atomic mass is 9.96. The van der Waals surface area contributed by atoms with Crippen LogP contribution in [0.25, 0.3) is 0 Å². The van der Waals surface area contributed by atoms with Crippen LogP contribution in [-0.2, 0) is 4.79 Å². The first kappa shape index (κ1) is 14.7. The smallest absolute Gasteiger partial charge is 0.323 e. The fourth-order valence-electron chi connectivity index (χ4n) is 2.00. The Labute approximate surface area is 121 Å². The SMILES string of the molecule is Cc1nnc(SC(C)CC(C)(NC2CC2)C(=O)O)s1. The molecule has 0 saturated heterocycles. The number of carboxylic acids is 1. The maximum atomic E-state index is 11.5. The second-order valence-electron chi connectivity index (χ2n) is 5.28. The minimum Gasteiger partial charge on any atom is -0.480 e. The van der Waals surface area contributed by atoms with Crippen LogP contribution < -0.4 is 5.32 Å². The standard InChI is InChI=1S/C12H19N3O2S2/c1-7(18-11-15-14-8(2)19-11)6-12(3,10(16)17)13-9-4-5-9/h7,9,13H,4-6H2,1-3H3,(H,16,17). The highest BCUT2D eigenvalue weighted by molar-refractivity contribution is 8.01. The highest BCUT2D eigenvalue weighted by Gasteiger charge is 2.39. The lowest BCUT2D eigenvalue weighted by Crippen LogP contribution is -2.51. The number of nitrogens with zero attached hydrogens (tertiary/aromatic N) is 2. The van der Waals surface area contributed by atoms with E-state index in [1.165, 1.54) is 0 Å². The largest absolute Gasteiger partial charge is 0.480 e. The van der Waals surface area contributed by atoms with E-state index < -0.39 is 11.5 Å². The Hall–Kier alpha value is -0.660. The summed E-state index contributed by atoms with van der Waals surface area (Å²) in [4.78, 5) is 11.5. The minimum atomic E-state index is -0.854. The molecule has 1 aliphatic rings. The van der Waals surface area contributed by atoms with Crippen LogP contribution in [0.1, 0.15) is 38.1 Å². The van der Waals surface area contributed by atoms with Gasteiger partial charge in [-0.05, 0) is 33.1 Å². The number of rotatable bonds is 7. The Morgan fingerprint density at radius 2 is 2.32 bits per heavy atom. The summed E-state index contributed by atoms with van der Waals surface area (Å²) in [5.41, 5.74) is -0.854. The molecule has 2 unspecified atom stereocenters. The van der Waals surface area contributed by atoms with Gasteiger partial charge in [-0.1, -0.05) is 30.0 Å². The van der Waals surface area contributed by atoms with Crippen LogP contribution in [0.3, 0.4) is 0 Å². The van der Waals surface area contributed by atoms with E-state index in [9.17, 15) is 9.90 Å². The maximum Gasteiger partial charge on any atom is 0.323 e. The van der Waals surface area contributed by atoms with Crippen LogP contribution in [-0.4, -0.2) is 38.1 Å². The van der Waals surface area contributed by atoms with Gasteiger partial charge in [-0.3, -0.25) is 10.1 Å². The summed E-state index contributed by atoms with van der Waals surface area (Å²) in [7, 11) is 0. The van der Waals surface area contributed by atoms with Crippen molar-refractivity contribution in [1.82, 2.24) is 15.5 Å². The van der Waals surface area contributed by atoms with Gasteiger partial charge in [0.2, 0.25) is 0 Å². The summed E-state index contributed by atoms with van der Waals surface area (Å²) < 4.78 is 0.907. The molecule has 1 aliphatic carbocycles. The van der Waals surface area contributed by atoms with Gasteiger partial charge >= 0.3 is 5.97 Å². The molecule has 0 amide bonds. The molecule has 0 radical (unpaired) electrons.